The van der Waals surface area contributed by atoms with Gasteiger partial charge in [-0.2, -0.15) is 0 Å². The molecule has 1 aliphatic heterocycles. The fourth-order valence-corrected chi connectivity index (χ4v) is 2.46. The normalized spacial score (nSPS) is 26.2. The molecule has 16 heavy (non-hydrogen) atoms. The molecule has 0 aromatic carbocycles. The van der Waals surface area contributed by atoms with Crippen LogP contribution in [0.2, 0.25) is 0 Å². The lowest BCUT2D eigenvalue weighted by Crippen LogP contribution is -2.44. The van der Waals surface area contributed by atoms with Crippen molar-refractivity contribution < 1.29 is 0 Å². The third kappa shape index (κ3) is 6.49. The minimum Gasteiger partial charge on any atom is -0.315 e. The monoisotopic (exact) mass is 226 g/mol. The number of unbranched alkanes of at least 4 members (excludes halogenated alkanes) is 1. The van der Waals surface area contributed by atoms with Gasteiger partial charge >= 0.3 is 0 Å². The van der Waals surface area contributed by atoms with E-state index in [9.17, 15) is 0 Å². The first-order chi connectivity index (χ1) is 7.68. The van der Waals surface area contributed by atoms with E-state index in [0.29, 0.717) is 6.04 Å². The van der Waals surface area contributed by atoms with Crippen molar-refractivity contribution in [2.45, 2.75) is 58.9 Å². The molecule has 0 spiro atoms. The third-order valence-electron chi connectivity index (χ3n) is 3.53. The van der Waals surface area contributed by atoms with Gasteiger partial charge in [0.25, 0.3) is 0 Å². The van der Waals surface area contributed by atoms with Crippen LogP contribution < -0.4 is 10.6 Å². The first kappa shape index (κ1) is 14.0. The van der Waals surface area contributed by atoms with E-state index in [-0.39, 0.29) is 0 Å². The Kier molecular flexibility index (Phi) is 7.06. The van der Waals surface area contributed by atoms with E-state index in [1.807, 2.05) is 0 Å². The number of nitrogens with one attached hydrogen (secondary N) is 2. The SMILES string of the molecule is CC(C)CCCCNCC1CC(C)CCN1. The molecule has 2 N–H and O–H groups in total. The Morgan fingerprint density at radius 2 is 2.12 bits per heavy atom. The Hall–Kier alpha value is -0.0800. The van der Waals surface area contributed by atoms with Crippen LogP contribution in [0.5, 0.6) is 0 Å². The van der Waals surface area contributed by atoms with Gasteiger partial charge in [-0.3, -0.25) is 0 Å². The predicted molar refractivity (Wildman–Crippen MR) is 71.7 cm³/mol. The molecule has 0 saturated carbocycles. The molecule has 0 radical (unpaired) electrons. The van der Waals surface area contributed by atoms with Crippen LogP contribution in [0.1, 0.15) is 52.9 Å². The van der Waals surface area contributed by atoms with E-state index in [1.165, 1.54) is 45.2 Å². The van der Waals surface area contributed by atoms with Gasteiger partial charge in [0.1, 0.15) is 0 Å². The lowest BCUT2D eigenvalue weighted by molar-refractivity contribution is 0.310. The zero-order valence-electron chi connectivity index (χ0n) is 11.4. The molecule has 0 aromatic rings. The Balaban J connectivity index is 1.90. The third-order valence-corrected chi connectivity index (χ3v) is 3.53. The van der Waals surface area contributed by atoms with Gasteiger partial charge in [0.05, 0.1) is 0 Å². The summed E-state index contributed by atoms with van der Waals surface area (Å²) in [7, 11) is 0. The van der Waals surface area contributed by atoms with Crippen LogP contribution in [-0.4, -0.2) is 25.7 Å². The summed E-state index contributed by atoms with van der Waals surface area (Å²) in [6.07, 6.45) is 6.78. The molecule has 2 unspecified atom stereocenters. The average molecular weight is 226 g/mol. The Morgan fingerprint density at radius 3 is 2.81 bits per heavy atom. The maximum absolute atomic E-state index is 3.60. The largest absolute Gasteiger partial charge is 0.315 e. The van der Waals surface area contributed by atoms with Crippen LogP contribution in [0.25, 0.3) is 0 Å². The molecule has 1 saturated heterocycles. The molecule has 2 nitrogen and oxygen atoms in total. The van der Waals surface area contributed by atoms with Gasteiger partial charge < -0.3 is 10.6 Å². The number of hydrogen-bond acceptors (Lipinski definition) is 2. The number of piperidine rings is 1. The fourth-order valence-electron chi connectivity index (χ4n) is 2.46. The van der Waals surface area contributed by atoms with Crippen molar-refractivity contribution in [3.63, 3.8) is 0 Å². The van der Waals surface area contributed by atoms with Crippen molar-refractivity contribution in [1.29, 1.82) is 0 Å². The summed E-state index contributed by atoms with van der Waals surface area (Å²) in [6, 6.07) is 0.717. The average Bonchev–Trinajstić information content (AvgIpc) is 2.23. The highest BCUT2D eigenvalue weighted by molar-refractivity contribution is 4.77. The topological polar surface area (TPSA) is 24.1 Å². The Bertz CT molecular complexity index is 168. The van der Waals surface area contributed by atoms with Crippen LogP contribution >= 0.6 is 0 Å². The highest BCUT2D eigenvalue weighted by atomic mass is 15.0. The maximum atomic E-state index is 3.60. The standard InChI is InChI=1S/C14H30N2/c1-12(2)6-4-5-8-15-11-14-10-13(3)7-9-16-14/h12-16H,4-11H2,1-3H3. The molecule has 1 rings (SSSR count). The van der Waals surface area contributed by atoms with E-state index in [4.69, 9.17) is 0 Å². The van der Waals surface area contributed by atoms with Gasteiger partial charge in [-0.1, -0.05) is 33.6 Å². The first-order valence-corrected chi connectivity index (χ1v) is 7.12. The van der Waals surface area contributed by atoms with E-state index < -0.39 is 0 Å². The van der Waals surface area contributed by atoms with Gasteiger partial charge in [-0.15, -0.1) is 0 Å². The molecule has 96 valence electrons. The molecule has 0 amide bonds. The fraction of sp³-hybridized carbons (Fsp3) is 1.00. The van der Waals surface area contributed by atoms with Crippen LogP contribution in [0.15, 0.2) is 0 Å². The molecule has 2 heteroatoms. The minimum absolute atomic E-state index is 0.717. The summed E-state index contributed by atoms with van der Waals surface area (Å²) < 4.78 is 0. The van der Waals surface area contributed by atoms with Crippen molar-refractivity contribution in [2.75, 3.05) is 19.6 Å². The van der Waals surface area contributed by atoms with Crippen LogP contribution in [-0.2, 0) is 0 Å². The van der Waals surface area contributed by atoms with Crippen LogP contribution in [0, 0.1) is 11.8 Å². The molecular formula is C14H30N2. The van der Waals surface area contributed by atoms with Gasteiger partial charge in [0.2, 0.25) is 0 Å². The van der Waals surface area contributed by atoms with E-state index in [2.05, 4.69) is 31.4 Å². The van der Waals surface area contributed by atoms with Crippen molar-refractivity contribution in [3.05, 3.63) is 0 Å². The van der Waals surface area contributed by atoms with Crippen molar-refractivity contribution in [2.24, 2.45) is 11.8 Å². The Morgan fingerprint density at radius 1 is 1.31 bits per heavy atom. The summed E-state index contributed by atoms with van der Waals surface area (Å²) in [5.74, 6) is 1.77. The molecule has 0 bridgehead atoms. The zero-order chi connectivity index (χ0) is 11.8. The van der Waals surface area contributed by atoms with Gasteiger partial charge in [0, 0.05) is 12.6 Å². The van der Waals surface area contributed by atoms with E-state index in [1.54, 1.807) is 0 Å². The van der Waals surface area contributed by atoms with E-state index >= 15 is 0 Å². The van der Waals surface area contributed by atoms with Gasteiger partial charge in [-0.05, 0) is 44.2 Å². The summed E-state index contributed by atoms with van der Waals surface area (Å²) in [6.45, 7) is 10.5. The molecule has 0 aliphatic carbocycles. The maximum Gasteiger partial charge on any atom is 0.0195 e. The Labute approximate surface area is 102 Å². The van der Waals surface area contributed by atoms with E-state index in [0.717, 1.165) is 18.4 Å². The summed E-state index contributed by atoms with van der Waals surface area (Å²) in [5.41, 5.74) is 0. The zero-order valence-corrected chi connectivity index (χ0v) is 11.4. The lowest BCUT2D eigenvalue weighted by Gasteiger charge is -2.28. The minimum atomic E-state index is 0.717. The highest BCUT2D eigenvalue weighted by Gasteiger charge is 2.17. The summed E-state index contributed by atoms with van der Waals surface area (Å²) in [5, 5.41) is 7.18. The molecule has 0 aromatic heterocycles. The molecule has 2 atom stereocenters. The predicted octanol–water partition coefficient (Wildman–Crippen LogP) is 2.79. The molecule has 1 heterocycles. The summed E-state index contributed by atoms with van der Waals surface area (Å²) >= 11 is 0. The van der Waals surface area contributed by atoms with Gasteiger partial charge in [-0.25, -0.2) is 0 Å². The quantitative estimate of drug-likeness (QED) is 0.652. The van der Waals surface area contributed by atoms with Crippen LogP contribution in [0.4, 0.5) is 0 Å². The molecular weight excluding hydrogens is 196 g/mol. The highest BCUT2D eigenvalue weighted by Crippen LogP contribution is 2.14. The van der Waals surface area contributed by atoms with Crippen molar-refractivity contribution >= 4 is 0 Å². The number of rotatable bonds is 7. The van der Waals surface area contributed by atoms with Crippen molar-refractivity contribution in [3.8, 4) is 0 Å². The number of hydrogen-bond donors (Lipinski definition) is 2. The smallest absolute Gasteiger partial charge is 0.0195 e. The summed E-state index contributed by atoms with van der Waals surface area (Å²) in [4.78, 5) is 0. The molecule has 1 fully saturated rings. The second-order valence-electron chi connectivity index (χ2n) is 5.87. The second-order valence-corrected chi connectivity index (χ2v) is 5.87. The van der Waals surface area contributed by atoms with Crippen molar-refractivity contribution in [1.82, 2.24) is 10.6 Å². The molecule has 1 aliphatic rings. The van der Waals surface area contributed by atoms with Gasteiger partial charge in [0.15, 0.2) is 0 Å². The van der Waals surface area contributed by atoms with Crippen LogP contribution in [0.3, 0.4) is 0 Å². The first-order valence-electron chi connectivity index (χ1n) is 7.12. The second kappa shape index (κ2) is 8.08. The lowest BCUT2D eigenvalue weighted by atomic mass is 9.94.